The van der Waals surface area contributed by atoms with E-state index in [9.17, 15) is 25.0 Å². The van der Waals surface area contributed by atoms with Crippen molar-refractivity contribution in [3.05, 3.63) is 68.3 Å². The number of nitro benzene ring substituents is 2. The molecular weight excluding hydrogens is 354 g/mol. The summed E-state index contributed by atoms with van der Waals surface area (Å²) in [5, 5.41) is 24.8. The van der Waals surface area contributed by atoms with Gasteiger partial charge in [-0.1, -0.05) is 13.8 Å². The first-order valence-corrected chi connectivity index (χ1v) is 8.25. The lowest BCUT2D eigenvalue weighted by Gasteiger charge is -2.09. The maximum atomic E-state index is 11.9. The van der Waals surface area contributed by atoms with Crippen LogP contribution in [-0.4, -0.2) is 22.4 Å². The lowest BCUT2D eigenvalue weighted by molar-refractivity contribution is -0.393. The van der Waals surface area contributed by atoms with E-state index >= 15 is 0 Å². The first kappa shape index (κ1) is 19.8. The van der Waals surface area contributed by atoms with E-state index in [1.54, 1.807) is 12.1 Å². The Morgan fingerprint density at radius 2 is 1.74 bits per heavy atom. The summed E-state index contributed by atoms with van der Waals surface area (Å²) >= 11 is 0. The lowest BCUT2D eigenvalue weighted by Crippen LogP contribution is -2.08. The second kappa shape index (κ2) is 8.75. The maximum absolute atomic E-state index is 11.9. The van der Waals surface area contributed by atoms with Gasteiger partial charge in [0.15, 0.2) is 0 Å². The molecule has 0 amide bonds. The smallest absolute Gasteiger partial charge is 0.338 e. The number of ether oxygens (including phenoxy) is 1. The highest BCUT2D eigenvalue weighted by atomic mass is 16.6. The second-order valence-corrected chi connectivity index (χ2v) is 6.24. The number of rotatable bonds is 8. The van der Waals surface area contributed by atoms with Crippen molar-refractivity contribution in [3.63, 3.8) is 0 Å². The number of nitrogens with one attached hydrogen (secondary N) is 1. The molecule has 0 aliphatic rings. The fraction of sp³-hybridized carbons (Fsp3) is 0.278. The van der Waals surface area contributed by atoms with Crippen LogP contribution in [0.5, 0.6) is 0 Å². The molecule has 0 aromatic heterocycles. The molecule has 0 bridgehead atoms. The van der Waals surface area contributed by atoms with Gasteiger partial charge < -0.3 is 10.1 Å². The zero-order chi connectivity index (χ0) is 20.0. The average Bonchev–Trinajstić information content (AvgIpc) is 2.61. The van der Waals surface area contributed by atoms with Crippen molar-refractivity contribution >= 4 is 28.7 Å². The summed E-state index contributed by atoms with van der Waals surface area (Å²) < 4.78 is 5.17. The lowest BCUT2D eigenvalue weighted by atomic mass is 10.1. The predicted octanol–water partition coefficient (Wildman–Crippen LogP) is 4.45. The molecule has 27 heavy (non-hydrogen) atoms. The summed E-state index contributed by atoms with van der Waals surface area (Å²) in [6.07, 6.45) is 0.773. The van der Waals surface area contributed by atoms with E-state index in [-0.39, 0.29) is 11.4 Å². The summed E-state index contributed by atoms with van der Waals surface area (Å²) in [5.74, 6) is -0.00891. The van der Waals surface area contributed by atoms with Crippen LogP contribution < -0.4 is 5.32 Å². The van der Waals surface area contributed by atoms with Crippen molar-refractivity contribution in [1.82, 2.24) is 0 Å². The van der Waals surface area contributed by atoms with Crippen LogP contribution in [0.4, 0.5) is 22.7 Å². The minimum Gasteiger partial charge on any atom is -0.462 e. The Morgan fingerprint density at radius 1 is 1.07 bits per heavy atom. The maximum Gasteiger partial charge on any atom is 0.338 e. The highest BCUT2D eigenvalue weighted by Crippen LogP contribution is 2.31. The van der Waals surface area contributed by atoms with E-state index in [1.165, 1.54) is 24.3 Å². The van der Waals surface area contributed by atoms with Crippen molar-refractivity contribution in [3.8, 4) is 0 Å². The van der Waals surface area contributed by atoms with Crippen molar-refractivity contribution in [2.75, 3.05) is 11.9 Å². The van der Waals surface area contributed by atoms with Gasteiger partial charge in [-0.3, -0.25) is 20.2 Å². The third-order valence-electron chi connectivity index (χ3n) is 3.72. The molecule has 0 saturated heterocycles. The van der Waals surface area contributed by atoms with Crippen molar-refractivity contribution in [2.45, 2.75) is 20.3 Å². The molecule has 0 heterocycles. The number of non-ortho nitro benzene ring substituents is 1. The van der Waals surface area contributed by atoms with Crippen LogP contribution in [-0.2, 0) is 4.74 Å². The number of benzene rings is 2. The fourth-order valence-electron chi connectivity index (χ4n) is 2.21. The van der Waals surface area contributed by atoms with Gasteiger partial charge in [0.1, 0.15) is 5.69 Å². The number of anilines is 2. The summed E-state index contributed by atoms with van der Waals surface area (Å²) in [6, 6.07) is 9.56. The molecular formula is C18H19N3O6. The average molecular weight is 373 g/mol. The van der Waals surface area contributed by atoms with Crippen molar-refractivity contribution < 1.29 is 19.4 Å². The van der Waals surface area contributed by atoms with Crippen LogP contribution >= 0.6 is 0 Å². The predicted molar refractivity (Wildman–Crippen MR) is 99.2 cm³/mol. The molecule has 9 heteroatoms. The molecule has 9 nitrogen and oxygen atoms in total. The van der Waals surface area contributed by atoms with Gasteiger partial charge in [0.2, 0.25) is 0 Å². The van der Waals surface area contributed by atoms with E-state index in [0.717, 1.165) is 12.5 Å². The summed E-state index contributed by atoms with van der Waals surface area (Å²) in [6.45, 7) is 4.41. The topological polar surface area (TPSA) is 125 Å². The standard InChI is InChI=1S/C18H19N3O6/c1-12(2)9-10-27-18(22)13-3-5-14(6-4-13)19-16-8-7-15(20(23)24)11-17(16)21(25)26/h3-8,11-12,19H,9-10H2,1-2H3. The Hall–Kier alpha value is -3.49. The van der Waals surface area contributed by atoms with Crippen LogP contribution in [0.2, 0.25) is 0 Å². The van der Waals surface area contributed by atoms with E-state index in [4.69, 9.17) is 4.74 Å². The van der Waals surface area contributed by atoms with E-state index in [2.05, 4.69) is 5.32 Å². The highest BCUT2D eigenvalue weighted by molar-refractivity contribution is 5.90. The molecule has 142 valence electrons. The number of carbonyl (C=O) groups is 1. The van der Waals surface area contributed by atoms with E-state index in [0.29, 0.717) is 23.8 Å². The minimum absolute atomic E-state index is 0.109. The Kier molecular flexibility index (Phi) is 6.42. The van der Waals surface area contributed by atoms with E-state index < -0.39 is 21.5 Å². The SMILES string of the molecule is CC(C)CCOC(=O)c1ccc(Nc2ccc([N+](=O)[O-])cc2[N+](=O)[O-])cc1. The molecule has 2 aromatic rings. The first-order valence-electron chi connectivity index (χ1n) is 8.25. The van der Waals surface area contributed by atoms with Gasteiger partial charge in [0.25, 0.3) is 11.4 Å². The van der Waals surface area contributed by atoms with E-state index in [1.807, 2.05) is 13.8 Å². The molecule has 0 radical (unpaired) electrons. The number of nitrogens with zero attached hydrogens (tertiary/aromatic N) is 2. The molecule has 2 aromatic carbocycles. The minimum atomic E-state index is -0.699. The third-order valence-corrected chi connectivity index (χ3v) is 3.72. The Labute approximate surface area is 155 Å². The van der Waals surface area contributed by atoms with Crippen molar-refractivity contribution in [1.29, 1.82) is 0 Å². The Morgan fingerprint density at radius 3 is 2.30 bits per heavy atom. The number of hydrogen-bond acceptors (Lipinski definition) is 7. The summed E-state index contributed by atoms with van der Waals surface area (Å²) in [5.41, 5.74) is 0.180. The van der Waals surface area contributed by atoms with Gasteiger partial charge >= 0.3 is 5.97 Å². The van der Waals surface area contributed by atoms with Crippen LogP contribution in [0.3, 0.4) is 0 Å². The zero-order valence-corrected chi connectivity index (χ0v) is 14.9. The third kappa shape index (κ3) is 5.50. The Balaban J connectivity index is 2.11. The molecule has 0 saturated carbocycles. The zero-order valence-electron chi connectivity index (χ0n) is 14.9. The Bertz CT molecular complexity index is 849. The molecule has 0 atom stereocenters. The highest BCUT2D eigenvalue weighted by Gasteiger charge is 2.19. The van der Waals surface area contributed by atoms with Crippen LogP contribution in [0.25, 0.3) is 0 Å². The molecule has 0 spiro atoms. The number of esters is 1. The van der Waals surface area contributed by atoms with Crippen LogP contribution in [0.1, 0.15) is 30.6 Å². The molecule has 1 N–H and O–H groups in total. The molecule has 0 aliphatic carbocycles. The number of carbonyl (C=O) groups excluding carboxylic acids is 1. The number of hydrogen-bond donors (Lipinski definition) is 1. The van der Waals surface area contributed by atoms with Gasteiger partial charge in [-0.05, 0) is 42.7 Å². The summed E-state index contributed by atoms with van der Waals surface area (Å²) in [4.78, 5) is 32.5. The second-order valence-electron chi connectivity index (χ2n) is 6.24. The monoisotopic (exact) mass is 373 g/mol. The largest absolute Gasteiger partial charge is 0.462 e. The summed E-state index contributed by atoms with van der Waals surface area (Å²) in [7, 11) is 0. The quantitative estimate of drug-likeness (QED) is 0.411. The van der Waals surface area contributed by atoms with Gasteiger partial charge in [0.05, 0.1) is 28.1 Å². The molecule has 0 unspecified atom stereocenters. The molecule has 0 aliphatic heterocycles. The molecule has 0 fully saturated rings. The first-order chi connectivity index (χ1) is 12.8. The fourth-order valence-corrected chi connectivity index (χ4v) is 2.21. The van der Waals surface area contributed by atoms with Gasteiger partial charge in [-0.15, -0.1) is 0 Å². The molecule has 2 rings (SSSR count). The van der Waals surface area contributed by atoms with Gasteiger partial charge in [-0.25, -0.2) is 4.79 Å². The van der Waals surface area contributed by atoms with Crippen LogP contribution in [0, 0.1) is 26.1 Å². The normalized spacial score (nSPS) is 10.5. The van der Waals surface area contributed by atoms with Gasteiger partial charge in [0, 0.05) is 11.8 Å². The van der Waals surface area contributed by atoms with Crippen molar-refractivity contribution in [2.24, 2.45) is 5.92 Å². The number of nitro groups is 2. The van der Waals surface area contributed by atoms with Crippen LogP contribution in [0.15, 0.2) is 42.5 Å². The van der Waals surface area contributed by atoms with Gasteiger partial charge in [-0.2, -0.15) is 0 Å².